The molecule has 0 radical (unpaired) electrons. The third kappa shape index (κ3) is 1.38. The van der Waals surface area contributed by atoms with Crippen LogP contribution in [0, 0.1) is 6.92 Å². The molecule has 80 valence electrons. The minimum atomic E-state index is 1.07. The minimum absolute atomic E-state index is 1.07. The smallest absolute Gasteiger partial charge is 0.0446 e. The van der Waals surface area contributed by atoms with Crippen LogP contribution in [-0.2, 0) is 6.42 Å². The predicted octanol–water partition coefficient (Wildman–Crippen LogP) is 3.08. The van der Waals surface area contributed by atoms with Gasteiger partial charge in [-0.1, -0.05) is 12.1 Å². The van der Waals surface area contributed by atoms with E-state index in [9.17, 15) is 0 Å². The zero-order chi connectivity index (χ0) is 11.0. The fourth-order valence-electron chi connectivity index (χ4n) is 2.40. The second-order valence-corrected chi connectivity index (χ2v) is 4.18. The molecule has 1 aromatic carbocycles. The molecule has 2 heteroatoms. The van der Waals surface area contributed by atoms with Gasteiger partial charge in [-0.15, -0.1) is 0 Å². The monoisotopic (exact) mass is 210 g/mol. The molecule has 0 unspecified atom stereocenters. The highest BCUT2D eigenvalue weighted by atomic mass is 15.2. The van der Waals surface area contributed by atoms with Gasteiger partial charge >= 0.3 is 0 Å². The Bertz CT molecular complexity index is 505. The van der Waals surface area contributed by atoms with Crippen LogP contribution in [0.2, 0.25) is 0 Å². The Kier molecular flexibility index (Phi) is 2.13. The summed E-state index contributed by atoms with van der Waals surface area (Å²) in [5.74, 6) is 0. The van der Waals surface area contributed by atoms with Gasteiger partial charge < -0.3 is 4.90 Å². The zero-order valence-corrected chi connectivity index (χ0v) is 9.35. The Morgan fingerprint density at radius 2 is 1.94 bits per heavy atom. The second kappa shape index (κ2) is 3.63. The molecule has 0 bridgehead atoms. The standard InChI is InChI=1S/C14H14N2/c1-11-3-2-4-14-13(11)7-10-16(14)12-5-8-15-9-6-12/h2-6,8-9H,7,10H2,1H3. The van der Waals surface area contributed by atoms with E-state index in [1.54, 1.807) is 0 Å². The highest BCUT2D eigenvalue weighted by molar-refractivity contribution is 5.70. The van der Waals surface area contributed by atoms with Crippen LogP contribution in [0.15, 0.2) is 42.7 Å². The lowest BCUT2D eigenvalue weighted by Crippen LogP contribution is -2.12. The normalized spacial score (nSPS) is 13.9. The topological polar surface area (TPSA) is 16.1 Å². The molecular weight excluding hydrogens is 196 g/mol. The highest BCUT2D eigenvalue weighted by Crippen LogP contribution is 2.35. The molecule has 0 saturated heterocycles. The molecule has 1 aliphatic rings. The van der Waals surface area contributed by atoms with Crippen LogP contribution in [0.5, 0.6) is 0 Å². The molecule has 16 heavy (non-hydrogen) atoms. The van der Waals surface area contributed by atoms with Gasteiger partial charge in [-0.2, -0.15) is 0 Å². The van der Waals surface area contributed by atoms with Crippen molar-refractivity contribution in [2.24, 2.45) is 0 Å². The molecular formula is C14H14N2. The molecule has 0 saturated carbocycles. The van der Waals surface area contributed by atoms with E-state index in [1.165, 1.54) is 22.5 Å². The molecule has 0 aliphatic carbocycles. The summed E-state index contributed by atoms with van der Waals surface area (Å²) in [6, 6.07) is 10.7. The fourth-order valence-corrected chi connectivity index (χ4v) is 2.40. The minimum Gasteiger partial charge on any atom is -0.341 e. The Balaban J connectivity index is 2.07. The molecule has 2 nitrogen and oxygen atoms in total. The average molecular weight is 210 g/mol. The summed E-state index contributed by atoms with van der Waals surface area (Å²) in [6.45, 7) is 3.26. The van der Waals surface area contributed by atoms with Crippen LogP contribution in [0.25, 0.3) is 0 Å². The quantitative estimate of drug-likeness (QED) is 0.719. The van der Waals surface area contributed by atoms with Gasteiger partial charge in [-0.25, -0.2) is 0 Å². The van der Waals surface area contributed by atoms with Gasteiger partial charge in [0.25, 0.3) is 0 Å². The summed E-state index contributed by atoms with van der Waals surface area (Å²) >= 11 is 0. The van der Waals surface area contributed by atoms with Crippen LogP contribution in [0.1, 0.15) is 11.1 Å². The molecule has 2 heterocycles. The number of anilines is 2. The first-order chi connectivity index (χ1) is 7.86. The van der Waals surface area contributed by atoms with E-state index >= 15 is 0 Å². The number of fused-ring (bicyclic) bond motifs is 1. The van der Waals surface area contributed by atoms with Crippen molar-refractivity contribution in [1.29, 1.82) is 0 Å². The number of pyridine rings is 1. The van der Waals surface area contributed by atoms with Crippen molar-refractivity contribution >= 4 is 11.4 Å². The van der Waals surface area contributed by atoms with E-state index in [1.807, 2.05) is 12.4 Å². The van der Waals surface area contributed by atoms with Crippen LogP contribution < -0.4 is 4.90 Å². The number of benzene rings is 1. The number of aryl methyl sites for hydroxylation is 1. The Hall–Kier alpha value is -1.83. The van der Waals surface area contributed by atoms with Gasteiger partial charge in [0.2, 0.25) is 0 Å². The Morgan fingerprint density at radius 1 is 1.12 bits per heavy atom. The molecule has 3 rings (SSSR count). The predicted molar refractivity (Wildman–Crippen MR) is 66.1 cm³/mol. The molecule has 0 fully saturated rings. The zero-order valence-electron chi connectivity index (χ0n) is 9.35. The lowest BCUT2D eigenvalue weighted by molar-refractivity contribution is 0.992. The van der Waals surface area contributed by atoms with E-state index < -0.39 is 0 Å². The van der Waals surface area contributed by atoms with Crippen molar-refractivity contribution in [3.63, 3.8) is 0 Å². The maximum absolute atomic E-state index is 4.06. The van der Waals surface area contributed by atoms with Gasteiger partial charge in [0.1, 0.15) is 0 Å². The van der Waals surface area contributed by atoms with Gasteiger partial charge in [-0.3, -0.25) is 4.98 Å². The van der Waals surface area contributed by atoms with Crippen molar-refractivity contribution in [3.8, 4) is 0 Å². The van der Waals surface area contributed by atoms with E-state index in [4.69, 9.17) is 0 Å². The average Bonchev–Trinajstić information content (AvgIpc) is 2.75. The van der Waals surface area contributed by atoms with E-state index in [-0.39, 0.29) is 0 Å². The number of nitrogens with zero attached hydrogens (tertiary/aromatic N) is 2. The molecule has 1 aromatic heterocycles. The summed E-state index contributed by atoms with van der Waals surface area (Å²) in [6.07, 6.45) is 4.84. The van der Waals surface area contributed by atoms with Crippen molar-refractivity contribution < 1.29 is 0 Å². The summed E-state index contributed by atoms with van der Waals surface area (Å²) in [5, 5.41) is 0. The number of hydrogen-bond donors (Lipinski definition) is 0. The van der Waals surface area contributed by atoms with Crippen molar-refractivity contribution in [2.45, 2.75) is 13.3 Å². The molecule has 0 spiro atoms. The lowest BCUT2D eigenvalue weighted by Gasteiger charge is -2.19. The van der Waals surface area contributed by atoms with Gasteiger partial charge in [0.15, 0.2) is 0 Å². The molecule has 1 aliphatic heterocycles. The van der Waals surface area contributed by atoms with Gasteiger partial charge in [0.05, 0.1) is 0 Å². The molecule has 2 aromatic rings. The van der Waals surface area contributed by atoms with Crippen molar-refractivity contribution in [3.05, 3.63) is 53.9 Å². The van der Waals surface area contributed by atoms with E-state index in [0.29, 0.717) is 0 Å². The summed E-state index contributed by atoms with van der Waals surface area (Å²) in [4.78, 5) is 6.43. The largest absolute Gasteiger partial charge is 0.341 e. The van der Waals surface area contributed by atoms with Crippen LogP contribution >= 0.6 is 0 Å². The Labute approximate surface area is 95.6 Å². The SMILES string of the molecule is Cc1cccc2c1CCN2c1ccncc1. The third-order valence-electron chi connectivity index (χ3n) is 3.24. The molecule has 0 atom stereocenters. The maximum atomic E-state index is 4.06. The van der Waals surface area contributed by atoms with Crippen molar-refractivity contribution in [1.82, 2.24) is 4.98 Å². The van der Waals surface area contributed by atoms with E-state index in [0.717, 1.165) is 13.0 Å². The first kappa shape index (κ1) is 9.40. The van der Waals surface area contributed by atoms with Gasteiger partial charge in [0, 0.05) is 30.3 Å². The summed E-state index contributed by atoms with van der Waals surface area (Å²) in [7, 11) is 0. The fraction of sp³-hybridized carbons (Fsp3) is 0.214. The van der Waals surface area contributed by atoms with Crippen LogP contribution in [0.4, 0.5) is 11.4 Å². The first-order valence-electron chi connectivity index (χ1n) is 5.62. The maximum Gasteiger partial charge on any atom is 0.0446 e. The van der Waals surface area contributed by atoms with E-state index in [2.05, 4.69) is 47.1 Å². The number of hydrogen-bond acceptors (Lipinski definition) is 2. The van der Waals surface area contributed by atoms with Crippen LogP contribution in [-0.4, -0.2) is 11.5 Å². The van der Waals surface area contributed by atoms with Crippen molar-refractivity contribution in [2.75, 3.05) is 11.4 Å². The van der Waals surface area contributed by atoms with Crippen LogP contribution in [0.3, 0.4) is 0 Å². The lowest BCUT2D eigenvalue weighted by atomic mass is 10.1. The second-order valence-electron chi connectivity index (χ2n) is 4.18. The number of rotatable bonds is 1. The molecule has 0 amide bonds. The highest BCUT2D eigenvalue weighted by Gasteiger charge is 2.20. The Morgan fingerprint density at radius 3 is 2.75 bits per heavy atom. The first-order valence-corrected chi connectivity index (χ1v) is 5.62. The summed E-state index contributed by atoms with van der Waals surface area (Å²) < 4.78 is 0. The summed E-state index contributed by atoms with van der Waals surface area (Å²) in [5.41, 5.74) is 5.47. The molecule has 0 N–H and O–H groups in total. The number of aromatic nitrogens is 1. The van der Waals surface area contributed by atoms with Gasteiger partial charge in [-0.05, 0) is 42.7 Å². The third-order valence-corrected chi connectivity index (χ3v) is 3.24.